The van der Waals surface area contributed by atoms with Crippen molar-refractivity contribution in [2.45, 2.75) is 20.8 Å². The number of hydrogen-bond donors (Lipinski definition) is 1. The zero-order valence-electron chi connectivity index (χ0n) is 12.1. The van der Waals surface area contributed by atoms with Crippen LogP contribution in [0.25, 0.3) is 21.9 Å². The summed E-state index contributed by atoms with van der Waals surface area (Å²) in [4.78, 5) is 27.3. The van der Waals surface area contributed by atoms with Crippen molar-refractivity contribution < 1.29 is 13.9 Å². The van der Waals surface area contributed by atoms with Gasteiger partial charge in [-0.25, -0.2) is 4.79 Å². The molecule has 0 radical (unpaired) electrons. The molecule has 5 nitrogen and oxygen atoms in total. The summed E-state index contributed by atoms with van der Waals surface area (Å²) in [6.07, 6.45) is 0. The highest BCUT2D eigenvalue weighted by Gasteiger charge is 2.17. The molecule has 1 N–H and O–H groups in total. The fraction of sp³-hybridized carbons (Fsp3) is 0.250. The van der Waals surface area contributed by atoms with Crippen LogP contribution in [0.4, 0.5) is 0 Å². The smallest absolute Gasteiger partial charge is 0.374 e. The van der Waals surface area contributed by atoms with Gasteiger partial charge < -0.3 is 14.1 Å². The third-order valence-corrected chi connectivity index (χ3v) is 3.63. The number of ether oxygens (including phenoxy) is 1. The van der Waals surface area contributed by atoms with Gasteiger partial charge in [0, 0.05) is 22.7 Å². The number of fused-ring (bicyclic) bond motifs is 3. The van der Waals surface area contributed by atoms with E-state index in [1.54, 1.807) is 13.0 Å². The van der Waals surface area contributed by atoms with E-state index in [9.17, 15) is 9.59 Å². The van der Waals surface area contributed by atoms with Gasteiger partial charge in [-0.15, -0.1) is 0 Å². The van der Waals surface area contributed by atoms with Crippen LogP contribution in [0.5, 0.6) is 0 Å². The zero-order valence-corrected chi connectivity index (χ0v) is 12.1. The minimum atomic E-state index is -0.626. The van der Waals surface area contributed by atoms with Crippen LogP contribution in [-0.4, -0.2) is 17.6 Å². The maximum Gasteiger partial charge on any atom is 0.374 e. The van der Waals surface area contributed by atoms with Gasteiger partial charge in [-0.1, -0.05) is 0 Å². The van der Waals surface area contributed by atoms with Crippen molar-refractivity contribution in [1.82, 2.24) is 4.98 Å². The first kappa shape index (κ1) is 13.4. The molecule has 0 aliphatic rings. The molecule has 0 fully saturated rings. The van der Waals surface area contributed by atoms with E-state index in [4.69, 9.17) is 9.15 Å². The Hall–Kier alpha value is -2.56. The average Bonchev–Trinajstić information content (AvgIpc) is 2.74. The molecular formula is C16H15NO4. The van der Waals surface area contributed by atoms with E-state index in [2.05, 4.69) is 4.98 Å². The predicted octanol–water partition coefficient (Wildman–Crippen LogP) is 3.07. The molecule has 0 saturated heterocycles. The number of carbonyl (C=O) groups excluding carboxylic acids is 1. The Bertz CT molecular complexity index is 917. The van der Waals surface area contributed by atoms with Crippen molar-refractivity contribution >= 4 is 27.8 Å². The molecule has 0 aliphatic carbocycles. The minimum Gasteiger partial charge on any atom is -0.460 e. The molecule has 2 aromatic heterocycles. The molecule has 0 saturated carbocycles. The molecule has 0 bridgehead atoms. The molecule has 0 aliphatic heterocycles. The number of rotatable bonds is 2. The summed E-state index contributed by atoms with van der Waals surface area (Å²) in [7, 11) is 0. The van der Waals surface area contributed by atoms with Crippen molar-refractivity contribution in [2.24, 2.45) is 0 Å². The van der Waals surface area contributed by atoms with E-state index in [-0.39, 0.29) is 17.8 Å². The topological polar surface area (TPSA) is 72.3 Å². The SMILES string of the molecule is CCOC(=O)c1cc(=O)c2c(ccc3[nH]c(C)c(C)c32)o1. The van der Waals surface area contributed by atoms with Crippen LogP contribution in [0.2, 0.25) is 0 Å². The normalized spacial score (nSPS) is 11.2. The number of H-pyrrole nitrogens is 1. The summed E-state index contributed by atoms with van der Waals surface area (Å²) in [5.41, 5.74) is 3.04. The van der Waals surface area contributed by atoms with E-state index >= 15 is 0 Å². The van der Waals surface area contributed by atoms with Crippen LogP contribution in [-0.2, 0) is 4.74 Å². The lowest BCUT2D eigenvalue weighted by Gasteiger charge is -2.04. The third kappa shape index (κ3) is 2.01. The number of carbonyl (C=O) groups is 1. The lowest BCUT2D eigenvalue weighted by Crippen LogP contribution is -2.10. The van der Waals surface area contributed by atoms with Crippen LogP contribution in [0.3, 0.4) is 0 Å². The molecule has 5 heteroatoms. The highest BCUT2D eigenvalue weighted by atomic mass is 16.5. The van der Waals surface area contributed by atoms with Crippen molar-refractivity contribution in [3.8, 4) is 0 Å². The number of aromatic nitrogens is 1. The highest BCUT2D eigenvalue weighted by Crippen LogP contribution is 2.28. The molecule has 1 aromatic carbocycles. The highest BCUT2D eigenvalue weighted by molar-refractivity contribution is 6.07. The Labute approximate surface area is 120 Å². The van der Waals surface area contributed by atoms with Gasteiger partial charge in [0.15, 0.2) is 5.43 Å². The van der Waals surface area contributed by atoms with Gasteiger partial charge >= 0.3 is 5.97 Å². The van der Waals surface area contributed by atoms with Gasteiger partial charge in [0.1, 0.15) is 5.58 Å². The van der Waals surface area contributed by atoms with Gasteiger partial charge in [-0.2, -0.15) is 0 Å². The van der Waals surface area contributed by atoms with E-state index in [0.29, 0.717) is 11.0 Å². The van der Waals surface area contributed by atoms with Gasteiger partial charge in [-0.3, -0.25) is 4.79 Å². The minimum absolute atomic E-state index is 0.0707. The zero-order chi connectivity index (χ0) is 15.1. The number of aromatic amines is 1. The van der Waals surface area contributed by atoms with Gasteiger partial charge in [0.25, 0.3) is 0 Å². The van der Waals surface area contributed by atoms with Crippen molar-refractivity contribution in [1.29, 1.82) is 0 Å². The quantitative estimate of drug-likeness (QED) is 0.734. The van der Waals surface area contributed by atoms with Gasteiger partial charge in [0.2, 0.25) is 5.76 Å². The Morgan fingerprint density at radius 3 is 2.76 bits per heavy atom. The molecule has 2 heterocycles. The second-order valence-corrected chi connectivity index (χ2v) is 4.93. The van der Waals surface area contributed by atoms with E-state index in [1.807, 2.05) is 19.9 Å². The summed E-state index contributed by atoms with van der Waals surface area (Å²) in [6.45, 7) is 5.84. The van der Waals surface area contributed by atoms with Crippen molar-refractivity contribution in [2.75, 3.05) is 6.61 Å². The first-order chi connectivity index (χ1) is 10.0. The van der Waals surface area contributed by atoms with Gasteiger partial charge in [0.05, 0.1) is 12.0 Å². The molecular weight excluding hydrogens is 270 g/mol. The number of benzene rings is 1. The second kappa shape index (κ2) is 4.77. The van der Waals surface area contributed by atoms with E-state index in [0.717, 1.165) is 22.2 Å². The summed E-state index contributed by atoms with van der Waals surface area (Å²) in [5, 5.41) is 1.33. The Morgan fingerprint density at radius 1 is 1.29 bits per heavy atom. The Balaban J connectivity index is 2.36. The largest absolute Gasteiger partial charge is 0.460 e. The summed E-state index contributed by atoms with van der Waals surface area (Å²) < 4.78 is 10.4. The van der Waals surface area contributed by atoms with Crippen LogP contribution < -0.4 is 5.43 Å². The van der Waals surface area contributed by atoms with Crippen LogP contribution in [0.1, 0.15) is 28.7 Å². The number of esters is 1. The molecule has 0 spiro atoms. The first-order valence-electron chi connectivity index (χ1n) is 6.75. The van der Waals surface area contributed by atoms with Crippen LogP contribution in [0, 0.1) is 13.8 Å². The predicted molar refractivity (Wildman–Crippen MR) is 79.8 cm³/mol. The van der Waals surface area contributed by atoms with Crippen LogP contribution in [0.15, 0.2) is 27.4 Å². The standard InChI is InChI=1S/C16H15NO4/c1-4-20-16(19)13-7-11(18)15-12(21-13)6-5-10-14(15)8(2)9(3)17-10/h5-7,17H,4H2,1-3H3. The fourth-order valence-electron chi connectivity index (χ4n) is 2.53. The summed E-state index contributed by atoms with van der Waals surface area (Å²) in [6, 6.07) is 4.73. The molecule has 0 amide bonds. The maximum absolute atomic E-state index is 12.4. The molecule has 0 atom stereocenters. The second-order valence-electron chi connectivity index (χ2n) is 4.93. The Morgan fingerprint density at radius 2 is 2.05 bits per heavy atom. The molecule has 3 rings (SSSR count). The maximum atomic E-state index is 12.4. The number of hydrogen-bond acceptors (Lipinski definition) is 4. The molecule has 108 valence electrons. The van der Waals surface area contributed by atoms with E-state index < -0.39 is 5.97 Å². The average molecular weight is 285 g/mol. The number of nitrogens with one attached hydrogen (secondary N) is 1. The molecule has 3 aromatic rings. The van der Waals surface area contributed by atoms with Gasteiger partial charge in [-0.05, 0) is 38.5 Å². The lowest BCUT2D eigenvalue weighted by molar-refractivity contribution is 0.0490. The third-order valence-electron chi connectivity index (χ3n) is 3.63. The van der Waals surface area contributed by atoms with Crippen molar-refractivity contribution in [3.63, 3.8) is 0 Å². The summed E-state index contributed by atoms with van der Waals surface area (Å²) >= 11 is 0. The van der Waals surface area contributed by atoms with E-state index in [1.165, 1.54) is 6.07 Å². The van der Waals surface area contributed by atoms with Crippen LogP contribution >= 0.6 is 0 Å². The lowest BCUT2D eigenvalue weighted by atomic mass is 10.1. The fourth-order valence-corrected chi connectivity index (χ4v) is 2.53. The monoisotopic (exact) mass is 285 g/mol. The van der Waals surface area contributed by atoms with Crippen molar-refractivity contribution in [3.05, 3.63) is 45.4 Å². The first-order valence-corrected chi connectivity index (χ1v) is 6.75. The molecule has 21 heavy (non-hydrogen) atoms. The number of aryl methyl sites for hydroxylation is 2. The summed E-state index contributed by atoms with van der Waals surface area (Å²) in [5.74, 6) is -0.697. The Kier molecular flexibility index (Phi) is 3.05. The molecule has 0 unspecified atom stereocenters.